The molecule has 1 heterocycles. The lowest BCUT2D eigenvalue weighted by Gasteiger charge is -2.23. The first-order valence-corrected chi connectivity index (χ1v) is 8.39. The van der Waals surface area contributed by atoms with E-state index in [0.717, 1.165) is 0 Å². The van der Waals surface area contributed by atoms with Gasteiger partial charge in [-0.05, 0) is 17.7 Å². The van der Waals surface area contributed by atoms with Crippen molar-refractivity contribution in [2.45, 2.75) is 12.0 Å². The molecule has 2 aromatic carbocycles. The number of carbonyl (C=O) groups is 2. The molecule has 0 aliphatic heterocycles. The predicted molar refractivity (Wildman–Crippen MR) is 94.9 cm³/mol. The Morgan fingerprint density at radius 1 is 0.808 bits per heavy atom. The number of pyridine rings is 1. The molecular weight excluding hydrogens is 461 g/mol. The van der Waals surface area contributed by atoms with Crippen LogP contribution < -0.4 is 28.5 Å². The van der Waals surface area contributed by atoms with Crippen molar-refractivity contribution in [1.82, 2.24) is 0 Å². The normalized spacial score (nSPS) is 14.7. The number of ketones is 2. The van der Waals surface area contributed by atoms with Crippen molar-refractivity contribution < 1.29 is 38.1 Å². The van der Waals surface area contributed by atoms with Crippen LogP contribution in [0.3, 0.4) is 0 Å². The molecule has 0 N–H and O–H groups in total. The van der Waals surface area contributed by atoms with E-state index in [2.05, 4.69) is 0 Å². The summed E-state index contributed by atoms with van der Waals surface area (Å²) in [5.41, 5.74) is 0.288. The highest BCUT2D eigenvalue weighted by Gasteiger charge is 2.57. The predicted octanol–water partition coefficient (Wildman–Crippen LogP) is 0.649. The van der Waals surface area contributed by atoms with Crippen molar-refractivity contribution in [2.24, 2.45) is 0 Å². The quantitative estimate of drug-likeness (QED) is 0.317. The fraction of sp³-hybridized carbons (Fsp3) is 0.0952. The number of hydrogen-bond acceptors (Lipinski definition) is 2. The van der Waals surface area contributed by atoms with Gasteiger partial charge in [-0.1, -0.05) is 54.1 Å². The van der Waals surface area contributed by atoms with Crippen LogP contribution in [0.5, 0.6) is 0 Å². The maximum Gasteiger partial charge on any atom is 0.188 e. The van der Waals surface area contributed by atoms with Gasteiger partial charge in [-0.25, -0.2) is 4.57 Å². The van der Waals surface area contributed by atoms with Crippen molar-refractivity contribution in [1.29, 1.82) is 0 Å². The fourth-order valence-corrected chi connectivity index (χ4v) is 3.70. The summed E-state index contributed by atoms with van der Waals surface area (Å²) in [6.07, 6.45) is 3.71. The summed E-state index contributed by atoms with van der Waals surface area (Å²) in [7, 11) is 0. The zero-order chi connectivity index (χ0) is 17.4. The number of fused-ring (bicyclic) bond motifs is 1. The number of aromatic nitrogens is 1. The SMILES string of the molecule is O=C1c2ccccc2C(=O)C1(C[n+]1ccccc1)c1cccc(Cl)c1.[I-]. The standard InChI is InChI=1S/C21H15ClNO2.HI/c22-16-8-6-7-15(13-16)21(14-23-11-4-1-5-12-23)19(24)17-9-2-3-10-18(17)20(21)25;/h1-13H,14H2;1H/q+1;/p-1. The van der Waals surface area contributed by atoms with Crippen molar-refractivity contribution in [3.05, 3.63) is 101 Å². The van der Waals surface area contributed by atoms with Gasteiger partial charge >= 0.3 is 0 Å². The first-order chi connectivity index (χ1) is 12.1. The smallest absolute Gasteiger partial charge is 0.188 e. The minimum atomic E-state index is -1.29. The second-order valence-corrected chi connectivity index (χ2v) is 6.60. The molecule has 0 saturated carbocycles. The van der Waals surface area contributed by atoms with Crippen LogP contribution in [-0.2, 0) is 12.0 Å². The number of nitrogens with zero attached hydrogens (tertiary/aromatic N) is 1. The number of halogens is 2. The molecule has 26 heavy (non-hydrogen) atoms. The lowest BCUT2D eigenvalue weighted by molar-refractivity contribution is -0.700. The largest absolute Gasteiger partial charge is 1.00 e. The minimum absolute atomic E-state index is 0. The second-order valence-electron chi connectivity index (χ2n) is 6.17. The van der Waals surface area contributed by atoms with E-state index in [-0.39, 0.29) is 42.1 Å². The molecule has 4 rings (SSSR count). The first kappa shape index (κ1) is 18.7. The van der Waals surface area contributed by atoms with Gasteiger partial charge in [0, 0.05) is 28.3 Å². The molecule has 1 aliphatic rings. The van der Waals surface area contributed by atoms with E-state index < -0.39 is 5.41 Å². The van der Waals surface area contributed by atoms with Gasteiger partial charge in [0.2, 0.25) is 0 Å². The van der Waals surface area contributed by atoms with Gasteiger partial charge in [-0.3, -0.25) is 9.59 Å². The summed E-state index contributed by atoms with van der Waals surface area (Å²) in [5, 5.41) is 0.506. The van der Waals surface area contributed by atoms with Gasteiger partial charge in [0.15, 0.2) is 35.9 Å². The van der Waals surface area contributed by atoms with Crippen LogP contribution in [0.15, 0.2) is 79.1 Å². The maximum absolute atomic E-state index is 13.4. The summed E-state index contributed by atoms with van der Waals surface area (Å²) < 4.78 is 1.86. The zero-order valence-electron chi connectivity index (χ0n) is 13.7. The summed E-state index contributed by atoms with van der Waals surface area (Å²) in [6.45, 7) is 0.237. The molecule has 130 valence electrons. The third-order valence-corrected chi connectivity index (χ3v) is 4.94. The third-order valence-electron chi connectivity index (χ3n) is 4.71. The van der Waals surface area contributed by atoms with Crippen molar-refractivity contribution in [3.8, 4) is 0 Å². The minimum Gasteiger partial charge on any atom is -1.00 e. The molecule has 0 unspecified atom stereocenters. The van der Waals surface area contributed by atoms with Crippen molar-refractivity contribution >= 4 is 23.2 Å². The average molecular weight is 476 g/mol. The molecule has 1 aromatic heterocycles. The van der Waals surface area contributed by atoms with Crippen LogP contribution in [0.1, 0.15) is 26.3 Å². The number of hydrogen-bond donors (Lipinski definition) is 0. The Balaban J connectivity index is 0.00000196. The molecule has 0 saturated heterocycles. The molecule has 3 aromatic rings. The average Bonchev–Trinajstić information content (AvgIpc) is 2.86. The molecule has 0 fully saturated rings. The highest BCUT2D eigenvalue weighted by molar-refractivity contribution is 6.34. The number of carbonyl (C=O) groups excluding carboxylic acids is 2. The summed E-state index contributed by atoms with van der Waals surface area (Å²) in [4.78, 5) is 26.7. The van der Waals surface area contributed by atoms with Gasteiger partial charge in [-0.2, -0.15) is 0 Å². The first-order valence-electron chi connectivity index (χ1n) is 8.02. The fourth-order valence-electron chi connectivity index (χ4n) is 3.51. The molecule has 1 aliphatic carbocycles. The van der Waals surface area contributed by atoms with E-state index in [9.17, 15) is 9.59 Å². The van der Waals surface area contributed by atoms with Crippen LogP contribution in [0.2, 0.25) is 5.02 Å². The van der Waals surface area contributed by atoms with E-state index in [0.29, 0.717) is 21.7 Å². The Bertz CT molecular complexity index is 953. The van der Waals surface area contributed by atoms with Crippen molar-refractivity contribution in [2.75, 3.05) is 0 Å². The van der Waals surface area contributed by atoms with Crippen molar-refractivity contribution in [3.63, 3.8) is 0 Å². The molecule has 3 nitrogen and oxygen atoms in total. The van der Waals surface area contributed by atoms with Crippen LogP contribution in [0, 0.1) is 0 Å². The Morgan fingerprint density at radius 2 is 1.42 bits per heavy atom. The molecule has 0 amide bonds. The highest BCUT2D eigenvalue weighted by Crippen LogP contribution is 2.40. The van der Waals surface area contributed by atoms with Gasteiger partial charge in [0.25, 0.3) is 0 Å². The zero-order valence-corrected chi connectivity index (χ0v) is 16.6. The van der Waals surface area contributed by atoms with E-state index in [1.165, 1.54) is 0 Å². The van der Waals surface area contributed by atoms with E-state index in [1.807, 2.05) is 35.2 Å². The van der Waals surface area contributed by atoms with Crippen LogP contribution in [0.4, 0.5) is 0 Å². The number of rotatable bonds is 3. The Hall–Kier alpha value is -2.05. The summed E-state index contributed by atoms with van der Waals surface area (Å²) in [5.74, 6) is -0.349. The molecular formula is C21H15ClINO2. The second kappa shape index (κ2) is 7.29. The maximum atomic E-state index is 13.4. The van der Waals surface area contributed by atoms with Gasteiger partial charge in [0.05, 0.1) is 0 Å². The summed E-state index contributed by atoms with van der Waals surface area (Å²) in [6, 6.07) is 19.7. The van der Waals surface area contributed by atoms with Crippen LogP contribution in [0.25, 0.3) is 0 Å². The topological polar surface area (TPSA) is 38.0 Å². The molecule has 5 heteroatoms. The van der Waals surface area contributed by atoms with Gasteiger partial charge in [0.1, 0.15) is 0 Å². The van der Waals surface area contributed by atoms with E-state index >= 15 is 0 Å². The Labute approximate surface area is 173 Å². The van der Waals surface area contributed by atoms with E-state index in [1.54, 1.807) is 48.5 Å². The lowest BCUT2D eigenvalue weighted by Crippen LogP contribution is -3.00. The van der Waals surface area contributed by atoms with E-state index in [4.69, 9.17) is 11.6 Å². The summed E-state index contributed by atoms with van der Waals surface area (Å²) >= 11 is 6.17. The monoisotopic (exact) mass is 475 g/mol. The number of benzene rings is 2. The number of Topliss-reactive ketones (excluding diaryl/α,β-unsaturated/α-hetero) is 2. The Kier molecular flexibility index (Phi) is 5.25. The molecule has 0 atom stereocenters. The van der Waals surface area contributed by atoms with Gasteiger partial charge < -0.3 is 24.0 Å². The van der Waals surface area contributed by atoms with Gasteiger partial charge in [-0.15, -0.1) is 0 Å². The Morgan fingerprint density at radius 3 is 2.00 bits per heavy atom. The molecule has 0 bridgehead atoms. The van der Waals surface area contributed by atoms with Crippen LogP contribution >= 0.6 is 11.6 Å². The van der Waals surface area contributed by atoms with Crippen LogP contribution in [-0.4, -0.2) is 11.6 Å². The molecule has 0 spiro atoms. The molecule has 0 radical (unpaired) electrons. The third kappa shape index (κ3) is 2.87. The highest BCUT2D eigenvalue weighted by atomic mass is 127. The lowest BCUT2D eigenvalue weighted by atomic mass is 9.75.